The zero-order chi connectivity index (χ0) is 21.4. The van der Waals surface area contributed by atoms with Crippen molar-refractivity contribution in [1.82, 2.24) is 4.90 Å². The van der Waals surface area contributed by atoms with Gasteiger partial charge in [-0.1, -0.05) is 20.8 Å². The molecule has 3 rings (SSSR count). The van der Waals surface area contributed by atoms with Crippen molar-refractivity contribution in [3.8, 4) is 11.5 Å². The van der Waals surface area contributed by atoms with Gasteiger partial charge in [-0.3, -0.25) is 4.90 Å². The van der Waals surface area contributed by atoms with E-state index in [1.807, 2.05) is 12.1 Å². The van der Waals surface area contributed by atoms with Crippen LogP contribution in [0.1, 0.15) is 57.2 Å². The van der Waals surface area contributed by atoms with Gasteiger partial charge in [0.05, 0.1) is 26.2 Å². The van der Waals surface area contributed by atoms with Crippen LogP contribution < -0.4 is 9.47 Å². The number of piperidine rings is 1. The molecule has 1 fully saturated rings. The van der Waals surface area contributed by atoms with Gasteiger partial charge in [-0.15, -0.1) is 0 Å². The van der Waals surface area contributed by atoms with Crippen LogP contribution in [0.15, 0.2) is 12.1 Å². The van der Waals surface area contributed by atoms with Crippen molar-refractivity contribution in [3.05, 3.63) is 23.3 Å². The van der Waals surface area contributed by atoms with E-state index in [-0.39, 0.29) is 23.5 Å². The van der Waals surface area contributed by atoms with E-state index < -0.39 is 19.2 Å². The monoisotopic (exact) mass is 415 g/mol. The fraction of sp³-hybridized carbons (Fsp3) is 0.727. The van der Waals surface area contributed by atoms with Crippen LogP contribution in [-0.4, -0.2) is 49.1 Å². The molecule has 0 unspecified atom stereocenters. The number of ether oxygens (including phenoxy) is 2. The minimum absolute atomic E-state index is 0.100. The molecular weight excluding hydrogens is 383 g/mol. The number of aliphatic hydroxyl groups is 1. The van der Waals surface area contributed by atoms with Crippen molar-refractivity contribution in [2.24, 2.45) is 11.3 Å². The van der Waals surface area contributed by atoms with Crippen LogP contribution in [0.25, 0.3) is 0 Å². The Morgan fingerprint density at radius 1 is 1.17 bits per heavy atom. The Morgan fingerprint density at radius 2 is 1.90 bits per heavy atom. The van der Waals surface area contributed by atoms with Crippen LogP contribution >= 0.6 is 0 Å². The molecule has 0 aliphatic carbocycles. The molecule has 0 bridgehead atoms. The molecule has 0 aromatic heterocycles. The van der Waals surface area contributed by atoms with E-state index in [0.29, 0.717) is 17.9 Å². The largest absolute Gasteiger partial charge is 0.493 e. The molecule has 2 aliphatic heterocycles. The molecule has 29 heavy (non-hydrogen) atoms. The Balaban J connectivity index is 1.77. The number of rotatable bonds is 5. The zero-order valence-electron chi connectivity index (χ0n) is 17.7. The molecule has 1 aromatic carbocycles. The number of fused-ring (bicyclic) bond motifs is 3. The summed E-state index contributed by atoms with van der Waals surface area (Å²) in [5, 5.41) is 10.8. The predicted octanol–water partition coefficient (Wildman–Crippen LogP) is 4.74. The molecule has 0 saturated carbocycles. The van der Waals surface area contributed by atoms with Crippen molar-refractivity contribution < 1.29 is 27.8 Å². The number of benzene rings is 1. The summed E-state index contributed by atoms with van der Waals surface area (Å²) >= 11 is 0. The molecule has 164 valence electrons. The summed E-state index contributed by atoms with van der Waals surface area (Å²) in [5.74, 6) is 1.05. The van der Waals surface area contributed by atoms with E-state index in [4.69, 9.17) is 9.47 Å². The molecule has 4 nitrogen and oxygen atoms in total. The summed E-state index contributed by atoms with van der Waals surface area (Å²) in [6, 6.07) is 3.80. The van der Waals surface area contributed by atoms with Gasteiger partial charge < -0.3 is 14.6 Å². The van der Waals surface area contributed by atoms with Crippen LogP contribution in [-0.2, 0) is 6.42 Å². The lowest BCUT2D eigenvalue weighted by Gasteiger charge is -2.47. The molecule has 1 N–H and O–H groups in total. The second-order valence-electron chi connectivity index (χ2n) is 9.50. The van der Waals surface area contributed by atoms with E-state index >= 15 is 0 Å². The average molecular weight is 415 g/mol. The van der Waals surface area contributed by atoms with Gasteiger partial charge in [0.25, 0.3) is 0 Å². The molecule has 2 aliphatic rings. The zero-order valence-corrected chi connectivity index (χ0v) is 17.7. The smallest absolute Gasteiger partial charge is 0.392 e. The SMILES string of the molecule is COc1cc2c(cc1OCCC(F)(F)F)CCN1C[C@@H](CC(C)(C)C)[C@@H](O)C[C@H]21. The second kappa shape index (κ2) is 8.34. The number of hydrogen-bond donors (Lipinski definition) is 1. The summed E-state index contributed by atoms with van der Waals surface area (Å²) in [7, 11) is 1.49. The van der Waals surface area contributed by atoms with Gasteiger partial charge in [-0.25, -0.2) is 0 Å². The minimum Gasteiger partial charge on any atom is -0.493 e. The first-order chi connectivity index (χ1) is 13.5. The van der Waals surface area contributed by atoms with Crippen molar-refractivity contribution in [2.45, 2.75) is 64.8 Å². The van der Waals surface area contributed by atoms with Crippen LogP contribution in [0.4, 0.5) is 13.2 Å². The summed E-state index contributed by atoms with van der Waals surface area (Å²) in [6.07, 6.45) is -3.17. The topological polar surface area (TPSA) is 41.9 Å². The number of aliphatic hydroxyl groups excluding tert-OH is 1. The first kappa shape index (κ1) is 22.2. The highest BCUT2D eigenvalue weighted by Gasteiger charge is 2.40. The van der Waals surface area contributed by atoms with Crippen LogP contribution in [0.5, 0.6) is 11.5 Å². The van der Waals surface area contributed by atoms with Gasteiger partial charge in [-0.2, -0.15) is 13.2 Å². The Labute approximate surface area is 171 Å². The summed E-state index contributed by atoms with van der Waals surface area (Å²) < 4.78 is 48.1. The third kappa shape index (κ3) is 5.57. The van der Waals surface area contributed by atoms with E-state index in [1.54, 1.807) is 0 Å². The van der Waals surface area contributed by atoms with E-state index in [2.05, 4.69) is 25.7 Å². The fourth-order valence-corrected chi connectivity index (χ4v) is 4.64. The number of nitrogens with zero attached hydrogens (tertiary/aromatic N) is 1. The molecule has 0 radical (unpaired) electrons. The number of hydrogen-bond acceptors (Lipinski definition) is 4. The van der Waals surface area contributed by atoms with Gasteiger partial charge in [0.15, 0.2) is 11.5 Å². The molecule has 3 atom stereocenters. The highest BCUT2D eigenvalue weighted by Crippen LogP contribution is 2.44. The van der Waals surface area contributed by atoms with Crippen LogP contribution in [0.3, 0.4) is 0 Å². The van der Waals surface area contributed by atoms with Gasteiger partial charge >= 0.3 is 6.18 Å². The Hall–Kier alpha value is -1.47. The maximum atomic E-state index is 12.4. The molecule has 7 heteroatoms. The lowest BCUT2D eigenvalue weighted by Crippen LogP contribution is -2.48. The Kier molecular flexibility index (Phi) is 6.39. The quantitative estimate of drug-likeness (QED) is 0.754. The normalized spacial score (nSPS) is 25.3. The predicted molar refractivity (Wildman–Crippen MR) is 105 cm³/mol. The van der Waals surface area contributed by atoms with Gasteiger partial charge in [0.2, 0.25) is 0 Å². The average Bonchev–Trinajstić information content (AvgIpc) is 2.59. The third-order valence-corrected chi connectivity index (χ3v) is 5.89. The highest BCUT2D eigenvalue weighted by atomic mass is 19.4. The van der Waals surface area contributed by atoms with E-state index in [0.717, 1.165) is 37.1 Å². The maximum absolute atomic E-state index is 12.4. The van der Waals surface area contributed by atoms with Crippen LogP contribution in [0, 0.1) is 11.3 Å². The molecule has 2 heterocycles. The lowest BCUT2D eigenvalue weighted by atomic mass is 9.75. The summed E-state index contributed by atoms with van der Waals surface area (Å²) in [5.41, 5.74) is 2.32. The van der Waals surface area contributed by atoms with Crippen molar-refractivity contribution >= 4 is 0 Å². The standard InChI is InChI=1S/C22H32F3NO3/c1-21(2,3)12-15-13-26-7-5-14-9-20(29-8-6-22(23,24)25)19(28-4)10-16(14)17(26)11-18(15)27/h9-10,15,17-18,27H,5-8,11-13H2,1-4H3/t15-,17-,18+/m1/s1. The lowest BCUT2D eigenvalue weighted by molar-refractivity contribution is -0.139. The molecule has 1 saturated heterocycles. The Morgan fingerprint density at radius 3 is 2.52 bits per heavy atom. The van der Waals surface area contributed by atoms with Crippen molar-refractivity contribution in [3.63, 3.8) is 0 Å². The van der Waals surface area contributed by atoms with Gasteiger partial charge in [0, 0.05) is 19.1 Å². The van der Waals surface area contributed by atoms with Gasteiger partial charge in [-0.05, 0) is 53.9 Å². The third-order valence-electron chi connectivity index (χ3n) is 5.89. The molecule has 0 spiro atoms. The van der Waals surface area contributed by atoms with Crippen molar-refractivity contribution in [2.75, 3.05) is 26.8 Å². The van der Waals surface area contributed by atoms with Crippen LogP contribution in [0.2, 0.25) is 0 Å². The number of halogens is 3. The molecule has 1 aromatic rings. The minimum atomic E-state index is -4.25. The van der Waals surface area contributed by atoms with Gasteiger partial charge in [0.1, 0.15) is 0 Å². The molecular formula is C22H32F3NO3. The van der Waals surface area contributed by atoms with Crippen molar-refractivity contribution in [1.29, 1.82) is 0 Å². The first-order valence-electron chi connectivity index (χ1n) is 10.3. The second-order valence-corrected chi connectivity index (χ2v) is 9.50. The highest BCUT2D eigenvalue weighted by molar-refractivity contribution is 5.49. The number of alkyl halides is 3. The summed E-state index contributed by atoms with van der Waals surface area (Å²) in [6.45, 7) is 7.89. The van der Waals surface area contributed by atoms with E-state index in [9.17, 15) is 18.3 Å². The Bertz CT molecular complexity index is 714. The number of methoxy groups -OCH3 is 1. The fourth-order valence-electron chi connectivity index (χ4n) is 4.64. The van der Waals surface area contributed by atoms with E-state index in [1.165, 1.54) is 7.11 Å². The summed E-state index contributed by atoms with van der Waals surface area (Å²) in [4.78, 5) is 2.43. The molecule has 0 amide bonds. The maximum Gasteiger partial charge on any atom is 0.392 e. The first-order valence-corrected chi connectivity index (χ1v) is 10.3.